The highest BCUT2D eigenvalue weighted by molar-refractivity contribution is 7.89. The first-order valence-electron chi connectivity index (χ1n) is 6.45. The molecule has 2 heterocycles. The zero-order valence-corrected chi connectivity index (χ0v) is 13.5. The Morgan fingerprint density at radius 3 is 2.90 bits per heavy atom. The highest BCUT2D eigenvalue weighted by Gasteiger charge is 2.28. The Bertz CT molecular complexity index is 742. The number of nitrogens with zero attached hydrogens (tertiary/aromatic N) is 1. The molecule has 3 rings (SSSR count). The third-order valence-electron chi connectivity index (χ3n) is 3.32. The molecule has 0 saturated carbocycles. The molecule has 0 bridgehead atoms. The van der Waals surface area contributed by atoms with Gasteiger partial charge in [-0.15, -0.1) is 22.9 Å². The molecule has 4 nitrogen and oxygen atoms in total. The maximum Gasteiger partial charge on any atom is 0.244 e. The van der Waals surface area contributed by atoms with Gasteiger partial charge in [-0.05, 0) is 12.1 Å². The van der Waals surface area contributed by atoms with Crippen molar-refractivity contribution in [3.8, 4) is 5.75 Å². The average molecular weight is 344 g/mol. The van der Waals surface area contributed by atoms with Gasteiger partial charge >= 0.3 is 0 Å². The minimum absolute atomic E-state index is 0.308. The molecule has 0 aliphatic carbocycles. The van der Waals surface area contributed by atoms with Gasteiger partial charge in [0.2, 0.25) is 10.0 Å². The van der Waals surface area contributed by atoms with Crippen LogP contribution >= 0.6 is 22.9 Å². The lowest BCUT2D eigenvalue weighted by molar-refractivity contribution is 0.293. The van der Waals surface area contributed by atoms with Crippen LogP contribution < -0.4 is 4.74 Å². The molecule has 0 unspecified atom stereocenters. The summed E-state index contributed by atoms with van der Waals surface area (Å²) in [5, 5.41) is 1.64. The first-order chi connectivity index (χ1) is 10.1. The molecule has 0 fully saturated rings. The number of alkyl halides is 1. The van der Waals surface area contributed by atoms with Gasteiger partial charge in [0.05, 0.1) is 10.8 Å². The largest absolute Gasteiger partial charge is 0.492 e. The summed E-state index contributed by atoms with van der Waals surface area (Å²) < 4.78 is 32.5. The summed E-state index contributed by atoms with van der Waals surface area (Å²) in [5.74, 6) is 1.08. The number of fused-ring (bicyclic) bond motifs is 1. The number of hydrogen-bond acceptors (Lipinski definition) is 4. The van der Waals surface area contributed by atoms with E-state index < -0.39 is 10.0 Å². The van der Waals surface area contributed by atoms with Gasteiger partial charge in [0.1, 0.15) is 12.4 Å². The van der Waals surface area contributed by atoms with Crippen LogP contribution in [0.15, 0.2) is 40.6 Å². The molecule has 0 saturated heterocycles. The number of rotatable bonds is 3. The lowest BCUT2D eigenvalue weighted by atomic mass is 10.2. The second kappa shape index (κ2) is 5.96. The Labute approximate surface area is 133 Å². The van der Waals surface area contributed by atoms with E-state index in [-0.39, 0.29) is 0 Å². The lowest BCUT2D eigenvalue weighted by Gasteiger charge is -2.18. The lowest BCUT2D eigenvalue weighted by Crippen LogP contribution is -2.32. The molecule has 1 aliphatic heterocycles. The van der Waals surface area contributed by atoms with Crippen molar-refractivity contribution >= 4 is 33.0 Å². The van der Waals surface area contributed by atoms with Gasteiger partial charge in [-0.2, -0.15) is 4.31 Å². The third-order valence-corrected chi connectivity index (χ3v) is 6.67. The van der Waals surface area contributed by atoms with Crippen molar-refractivity contribution in [3.63, 3.8) is 0 Å². The predicted molar refractivity (Wildman–Crippen MR) is 83.4 cm³/mol. The number of benzene rings is 1. The average Bonchev–Trinajstić information content (AvgIpc) is 2.87. The number of para-hydroxylation sites is 1. The van der Waals surface area contributed by atoms with Crippen molar-refractivity contribution in [3.05, 3.63) is 46.2 Å². The zero-order valence-electron chi connectivity index (χ0n) is 11.2. The third kappa shape index (κ3) is 2.94. The summed E-state index contributed by atoms with van der Waals surface area (Å²) in [5.41, 5.74) is 0.881. The molecule has 2 aromatic rings. The molecule has 0 amide bonds. The summed E-state index contributed by atoms with van der Waals surface area (Å²) in [6.45, 7) is 1.01. The SMILES string of the molecule is O=S(=O)(c1csc(CCl)c1)N1CCOc2ccccc2C1. The fourth-order valence-electron chi connectivity index (χ4n) is 2.22. The van der Waals surface area contributed by atoms with E-state index in [1.165, 1.54) is 15.6 Å². The van der Waals surface area contributed by atoms with E-state index in [0.717, 1.165) is 16.2 Å². The fraction of sp³-hybridized carbons (Fsp3) is 0.286. The Kier molecular flexibility index (Phi) is 4.21. The summed E-state index contributed by atoms with van der Waals surface area (Å²) in [7, 11) is -3.51. The van der Waals surface area contributed by atoms with E-state index in [2.05, 4.69) is 0 Å². The fourth-order valence-corrected chi connectivity index (χ4v) is 5.00. The second-order valence-corrected chi connectivity index (χ2v) is 7.88. The molecule has 1 aromatic carbocycles. The summed E-state index contributed by atoms with van der Waals surface area (Å²) in [6, 6.07) is 9.16. The van der Waals surface area contributed by atoms with Crippen molar-refractivity contribution < 1.29 is 13.2 Å². The highest BCUT2D eigenvalue weighted by atomic mass is 35.5. The van der Waals surface area contributed by atoms with Crippen LogP contribution in [-0.2, 0) is 22.4 Å². The second-order valence-electron chi connectivity index (χ2n) is 4.68. The van der Waals surface area contributed by atoms with Crippen LogP contribution in [0, 0.1) is 0 Å². The quantitative estimate of drug-likeness (QED) is 0.805. The van der Waals surface area contributed by atoms with E-state index in [1.54, 1.807) is 11.4 Å². The van der Waals surface area contributed by atoms with Crippen LogP contribution in [-0.4, -0.2) is 25.9 Å². The van der Waals surface area contributed by atoms with Gasteiger partial charge in [-0.1, -0.05) is 18.2 Å². The molecule has 1 aromatic heterocycles. The number of hydrogen-bond donors (Lipinski definition) is 0. The van der Waals surface area contributed by atoms with Crippen LogP contribution in [0.2, 0.25) is 0 Å². The molecule has 7 heteroatoms. The predicted octanol–water partition coefficient (Wildman–Crippen LogP) is 3.07. The van der Waals surface area contributed by atoms with Gasteiger partial charge in [0, 0.05) is 28.9 Å². The van der Waals surface area contributed by atoms with Gasteiger partial charge in [-0.3, -0.25) is 0 Å². The minimum Gasteiger partial charge on any atom is -0.492 e. The van der Waals surface area contributed by atoms with Crippen LogP contribution in [0.3, 0.4) is 0 Å². The Hall–Kier alpha value is -1.08. The van der Waals surface area contributed by atoms with Crippen molar-refractivity contribution in [2.45, 2.75) is 17.3 Å². The Morgan fingerprint density at radius 2 is 2.14 bits per heavy atom. The normalized spacial score (nSPS) is 16.0. The van der Waals surface area contributed by atoms with E-state index in [0.29, 0.717) is 30.5 Å². The van der Waals surface area contributed by atoms with Gasteiger partial charge in [0.15, 0.2) is 0 Å². The topological polar surface area (TPSA) is 46.6 Å². The standard InChI is InChI=1S/C14H14ClNO3S2/c15-8-12-7-13(10-20-12)21(17,18)16-5-6-19-14-4-2-1-3-11(14)9-16/h1-4,7,10H,5-6,8-9H2. The van der Waals surface area contributed by atoms with E-state index in [4.69, 9.17) is 16.3 Å². The minimum atomic E-state index is -3.51. The van der Waals surface area contributed by atoms with E-state index in [1.807, 2.05) is 24.3 Å². The summed E-state index contributed by atoms with van der Waals surface area (Å²) in [4.78, 5) is 1.16. The number of thiophene rings is 1. The maximum absolute atomic E-state index is 12.7. The van der Waals surface area contributed by atoms with Crippen molar-refractivity contribution in [1.29, 1.82) is 0 Å². The monoisotopic (exact) mass is 343 g/mol. The number of ether oxygens (including phenoxy) is 1. The highest BCUT2D eigenvalue weighted by Crippen LogP contribution is 2.28. The van der Waals surface area contributed by atoms with Gasteiger partial charge in [-0.25, -0.2) is 8.42 Å². The summed E-state index contributed by atoms with van der Waals surface area (Å²) in [6.07, 6.45) is 0. The van der Waals surface area contributed by atoms with Crippen LogP contribution in [0.1, 0.15) is 10.4 Å². The van der Waals surface area contributed by atoms with Crippen LogP contribution in [0.5, 0.6) is 5.75 Å². The first kappa shape index (κ1) is 14.8. The molecule has 0 spiro atoms. The van der Waals surface area contributed by atoms with E-state index in [9.17, 15) is 8.42 Å². The van der Waals surface area contributed by atoms with Crippen molar-refractivity contribution in [2.75, 3.05) is 13.2 Å². The molecule has 0 N–H and O–H groups in total. The molecular formula is C14H14ClNO3S2. The molecule has 1 aliphatic rings. The van der Waals surface area contributed by atoms with Crippen molar-refractivity contribution in [2.24, 2.45) is 0 Å². The Balaban J connectivity index is 1.92. The maximum atomic E-state index is 12.7. The molecule has 0 radical (unpaired) electrons. The first-order valence-corrected chi connectivity index (χ1v) is 9.31. The number of sulfonamides is 1. The van der Waals surface area contributed by atoms with Gasteiger partial charge < -0.3 is 4.74 Å². The molecular weight excluding hydrogens is 330 g/mol. The van der Waals surface area contributed by atoms with E-state index >= 15 is 0 Å². The molecule has 0 atom stereocenters. The van der Waals surface area contributed by atoms with Crippen LogP contribution in [0.25, 0.3) is 0 Å². The molecule has 112 valence electrons. The number of halogens is 1. The van der Waals surface area contributed by atoms with Gasteiger partial charge in [0.25, 0.3) is 0 Å². The zero-order chi connectivity index (χ0) is 14.9. The van der Waals surface area contributed by atoms with Crippen LogP contribution in [0.4, 0.5) is 0 Å². The molecule has 21 heavy (non-hydrogen) atoms. The van der Waals surface area contributed by atoms with Crippen molar-refractivity contribution in [1.82, 2.24) is 4.31 Å². The summed E-state index contributed by atoms with van der Waals surface area (Å²) >= 11 is 7.11. The Morgan fingerprint density at radius 1 is 1.33 bits per heavy atom. The smallest absolute Gasteiger partial charge is 0.244 e.